The number of fused-ring (bicyclic) bond motifs is 1. The van der Waals surface area contributed by atoms with Crippen molar-refractivity contribution in [3.8, 4) is 11.5 Å². The van der Waals surface area contributed by atoms with Crippen LogP contribution in [0.1, 0.15) is 16.1 Å². The molecule has 1 heterocycles. The molecule has 1 aromatic heterocycles. The molecule has 124 valence electrons. The summed E-state index contributed by atoms with van der Waals surface area (Å²) in [6.45, 7) is 1.82. The van der Waals surface area contributed by atoms with Crippen LogP contribution in [0.25, 0.3) is 11.0 Å². The molecule has 1 amide bonds. The van der Waals surface area contributed by atoms with Gasteiger partial charge in [-0.3, -0.25) is 4.79 Å². The van der Waals surface area contributed by atoms with E-state index >= 15 is 0 Å². The molecule has 0 atom stereocenters. The highest BCUT2D eigenvalue weighted by Gasteiger charge is 2.19. The largest absolute Gasteiger partial charge is 0.497 e. The molecule has 0 saturated heterocycles. The summed E-state index contributed by atoms with van der Waals surface area (Å²) < 4.78 is 16.1. The lowest BCUT2D eigenvalue weighted by Gasteiger charge is -2.11. The Morgan fingerprint density at radius 3 is 2.62 bits per heavy atom. The molecule has 0 aliphatic rings. The third-order valence-electron chi connectivity index (χ3n) is 3.76. The van der Waals surface area contributed by atoms with Crippen molar-refractivity contribution in [2.75, 3.05) is 19.5 Å². The first-order valence-corrected chi connectivity index (χ1v) is 7.63. The van der Waals surface area contributed by atoms with E-state index < -0.39 is 0 Å². The second kappa shape index (κ2) is 6.45. The first-order valence-electron chi connectivity index (χ1n) is 7.25. The van der Waals surface area contributed by atoms with Crippen molar-refractivity contribution in [1.82, 2.24) is 0 Å². The number of furan rings is 1. The lowest BCUT2D eigenvalue weighted by atomic mass is 10.1. The van der Waals surface area contributed by atoms with E-state index in [2.05, 4.69) is 5.32 Å². The van der Waals surface area contributed by atoms with Gasteiger partial charge in [0.2, 0.25) is 0 Å². The van der Waals surface area contributed by atoms with E-state index in [1.54, 1.807) is 43.5 Å². The van der Waals surface area contributed by atoms with Crippen LogP contribution in [0.15, 0.2) is 40.8 Å². The minimum absolute atomic E-state index is 0.241. The molecular formula is C18H16ClNO4. The van der Waals surface area contributed by atoms with Gasteiger partial charge < -0.3 is 19.2 Å². The zero-order valence-corrected chi connectivity index (χ0v) is 14.2. The number of benzene rings is 2. The molecule has 2 aromatic carbocycles. The molecule has 3 rings (SSSR count). The molecular weight excluding hydrogens is 330 g/mol. The Labute approximate surface area is 144 Å². The van der Waals surface area contributed by atoms with Crippen LogP contribution >= 0.6 is 11.6 Å². The van der Waals surface area contributed by atoms with Crippen LogP contribution in [0, 0.1) is 6.92 Å². The summed E-state index contributed by atoms with van der Waals surface area (Å²) in [4.78, 5) is 12.6. The molecule has 0 saturated carbocycles. The van der Waals surface area contributed by atoms with Gasteiger partial charge in [-0.1, -0.05) is 11.6 Å². The topological polar surface area (TPSA) is 60.7 Å². The summed E-state index contributed by atoms with van der Waals surface area (Å²) in [5, 5.41) is 4.21. The van der Waals surface area contributed by atoms with E-state index in [1.165, 1.54) is 7.11 Å². The van der Waals surface area contributed by atoms with E-state index in [0.29, 0.717) is 27.8 Å². The number of ether oxygens (including phenoxy) is 2. The summed E-state index contributed by atoms with van der Waals surface area (Å²) in [6.07, 6.45) is 0. The van der Waals surface area contributed by atoms with Crippen LogP contribution in [0.4, 0.5) is 5.69 Å². The number of hydrogen-bond acceptors (Lipinski definition) is 4. The summed E-state index contributed by atoms with van der Waals surface area (Å²) in [7, 11) is 3.09. The number of carbonyl (C=O) groups is 1. The second-order valence-electron chi connectivity index (χ2n) is 5.22. The van der Waals surface area contributed by atoms with E-state index in [9.17, 15) is 4.79 Å². The third-order valence-corrected chi connectivity index (χ3v) is 4.00. The molecule has 0 unspecified atom stereocenters. The minimum Gasteiger partial charge on any atom is -0.497 e. The van der Waals surface area contributed by atoms with Gasteiger partial charge in [-0.05, 0) is 37.3 Å². The van der Waals surface area contributed by atoms with Crippen molar-refractivity contribution in [2.24, 2.45) is 0 Å². The van der Waals surface area contributed by atoms with Crippen LogP contribution in [-0.2, 0) is 0 Å². The number of nitrogens with one attached hydrogen (secondary N) is 1. The number of carbonyl (C=O) groups excluding carboxylic acids is 1. The van der Waals surface area contributed by atoms with E-state index in [-0.39, 0.29) is 11.7 Å². The molecule has 1 N–H and O–H groups in total. The summed E-state index contributed by atoms with van der Waals surface area (Å²) in [6, 6.07) is 10.4. The van der Waals surface area contributed by atoms with Gasteiger partial charge in [0.25, 0.3) is 5.91 Å². The Bertz CT molecular complexity index is 917. The molecule has 0 bridgehead atoms. The van der Waals surface area contributed by atoms with Gasteiger partial charge >= 0.3 is 0 Å². The maximum absolute atomic E-state index is 12.6. The molecule has 0 fully saturated rings. The maximum Gasteiger partial charge on any atom is 0.291 e. The smallest absolute Gasteiger partial charge is 0.291 e. The Hall–Kier alpha value is -2.66. The fourth-order valence-corrected chi connectivity index (χ4v) is 2.66. The average Bonchev–Trinajstić information content (AvgIpc) is 2.91. The lowest BCUT2D eigenvalue weighted by molar-refractivity contribution is 0.0997. The predicted octanol–water partition coefficient (Wildman–Crippen LogP) is 4.66. The van der Waals surface area contributed by atoms with Crippen molar-refractivity contribution in [2.45, 2.75) is 6.92 Å². The van der Waals surface area contributed by atoms with Gasteiger partial charge in [0.05, 0.1) is 19.9 Å². The van der Waals surface area contributed by atoms with Crippen molar-refractivity contribution < 1.29 is 18.7 Å². The Morgan fingerprint density at radius 1 is 1.12 bits per heavy atom. The monoisotopic (exact) mass is 345 g/mol. The number of anilines is 1. The molecule has 3 aromatic rings. The van der Waals surface area contributed by atoms with Crippen LogP contribution in [0.5, 0.6) is 11.5 Å². The predicted molar refractivity (Wildman–Crippen MR) is 93.5 cm³/mol. The quantitative estimate of drug-likeness (QED) is 0.746. The number of amides is 1. The van der Waals surface area contributed by atoms with Gasteiger partial charge in [-0.2, -0.15) is 0 Å². The van der Waals surface area contributed by atoms with Crippen LogP contribution in [-0.4, -0.2) is 20.1 Å². The Morgan fingerprint density at radius 2 is 1.92 bits per heavy atom. The molecule has 0 aliphatic carbocycles. The molecule has 0 spiro atoms. The van der Waals surface area contributed by atoms with Crippen LogP contribution in [0.2, 0.25) is 5.02 Å². The Kier molecular flexibility index (Phi) is 4.36. The summed E-state index contributed by atoms with van der Waals surface area (Å²) in [5.74, 6) is 1.02. The fourth-order valence-electron chi connectivity index (χ4n) is 2.49. The first-order chi connectivity index (χ1) is 11.5. The average molecular weight is 346 g/mol. The molecule has 24 heavy (non-hydrogen) atoms. The normalized spacial score (nSPS) is 10.7. The van der Waals surface area contributed by atoms with Gasteiger partial charge in [0.15, 0.2) is 5.76 Å². The number of hydrogen-bond donors (Lipinski definition) is 1. The van der Waals surface area contributed by atoms with Gasteiger partial charge in [0.1, 0.15) is 17.1 Å². The lowest BCUT2D eigenvalue weighted by Crippen LogP contribution is -2.13. The van der Waals surface area contributed by atoms with Gasteiger partial charge in [-0.15, -0.1) is 0 Å². The SMILES string of the molecule is COc1ccc(NC(=O)c2oc3ccc(Cl)cc3c2C)c(OC)c1. The van der Waals surface area contributed by atoms with Crippen LogP contribution < -0.4 is 14.8 Å². The standard InChI is InChI=1S/C18H16ClNO4/c1-10-13-8-11(19)4-7-15(13)24-17(10)18(21)20-14-6-5-12(22-2)9-16(14)23-3/h4-9H,1-3H3,(H,20,21). The molecule has 0 radical (unpaired) electrons. The van der Waals surface area contributed by atoms with Crippen LogP contribution in [0.3, 0.4) is 0 Å². The highest BCUT2D eigenvalue weighted by Crippen LogP contribution is 2.31. The maximum atomic E-state index is 12.6. The third kappa shape index (κ3) is 2.90. The fraction of sp³-hybridized carbons (Fsp3) is 0.167. The molecule has 6 heteroatoms. The van der Waals surface area contributed by atoms with E-state index in [4.69, 9.17) is 25.5 Å². The van der Waals surface area contributed by atoms with Crippen molar-refractivity contribution in [3.63, 3.8) is 0 Å². The summed E-state index contributed by atoms with van der Waals surface area (Å²) >= 11 is 6.01. The zero-order valence-electron chi connectivity index (χ0n) is 13.5. The van der Waals surface area contributed by atoms with E-state index in [0.717, 1.165) is 10.9 Å². The zero-order chi connectivity index (χ0) is 17.3. The van der Waals surface area contributed by atoms with E-state index in [1.807, 2.05) is 6.92 Å². The van der Waals surface area contributed by atoms with Gasteiger partial charge in [0, 0.05) is 22.0 Å². The number of methoxy groups -OCH3 is 2. The van der Waals surface area contributed by atoms with Crippen molar-refractivity contribution in [3.05, 3.63) is 52.7 Å². The molecule has 5 nitrogen and oxygen atoms in total. The minimum atomic E-state index is -0.358. The van der Waals surface area contributed by atoms with Crippen molar-refractivity contribution in [1.29, 1.82) is 0 Å². The first kappa shape index (κ1) is 16.2. The van der Waals surface area contributed by atoms with Gasteiger partial charge in [-0.25, -0.2) is 0 Å². The highest BCUT2D eigenvalue weighted by molar-refractivity contribution is 6.31. The number of aryl methyl sites for hydroxylation is 1. The molecule has 0 aliphatic heterocycles. The highest BCUT2D eigenvalue weighted by atomic mass is 35.5. The summed E-state index contributed by atoms with van der Waals surface area (Å²) in [5.41, 5.74) is 1.88. The number of rotatable bonds is 4. The van der Waals surface area contributed by atoms with Crippen molar-refractivity contribution >= 4 is 34.2 Å². The Balaban J connectivity index is 1.94. The second-order valence-corrected chi connectivity index (χ2v) is 5.65. The number of halogens is 1.